The normalized spacial score (nSPS) is 11.6. The second kappa shape index (κ2) is 8.91. The molecule has 0 heterocycles. The van der Waals surface area contributed by atoms with Gasteiger partial charge in [-0.25, -0.2) is 4.39 Å². The van der Waals surface area contributed by atoms with Crippen LogP contribution in [0.2, 0.25) is 0 Å². The minimum atomic E-state index is -1.30. The first-order valence-electron chi connectivity index (χ1n) is 8.52. The number of hydrogen-bond acceptors (Lipinski definition) is 3. The van der Waals surface area contributed by atoms with Crippen molar-refractivity contribution < 1.29 is 19.1 Å². The smallest absolute Gasteiger partial charge is 0.314 e. The molecule has 0 aliphatic rings. The Hall–Kier alpha value is -3.00. The van der Waals surface area contributed by atoms with Crippen LogP contribution in [-0.4, -0.2) is 16.9 Å². The monoisotopic (exact) mass is 353 g/mol. The lowest BCUT2D eigenvalue weighted by Crippen LogP contribution is -2.26. The van der Waals surface area contributed by atoms with Crippen LogP contribution in [0.3, 0.4) is 0 Å². The second-order valence-electron chi connectivity index (χ2n) is 6.10. The van der Waals surface area contributed by atoms with E-state index >= 15 is 0 Å². The maximum atomic E-state index is 14.8. The highest BCUT2D eigenvalue weighted by atomic mass is 19.1. The minimum absolute atomic E-state index is 0.0680. The van der Waals surface area contributed by atoms with Crippen LogP contribution in [0.1, 0.15) is 37.3 Å². The standard InChI is InChI=1S/C21H20FNO3/c1-2-3-9-19(24)17(21(25)26)12-15-10-11-16(18(13-23)20(15)22)14-7-5-4-6-8-14/h4-8,10-11,17H,2-3,9,12H2,1H3,(H,25,26)/t17-/m1/s1. The van der Waals surface area contributed by atoms with Crippen LogP contribution in [0.5, 0.6) is 0 Å². The van der Waals surface area contributed by atoms with Gasteiger partial charge in [0.25, 0.3) is 0 Å². The molecule has 0 saturated heterocycles. The molecule has 0 fully saturated rings. The molecule has 134 valence electrons. The van der Waals surface area contributed by atoms with Gasteiger partial charge in [-0.15, -0.1) is 0 Å². The van der Waals surface area contributed by atoms with Crippen molar-refractivity contribution in [2.24, 2.45) is 5.92 Å². The fourth-order valence-electron chi connectivity index (χ4n) is 2.83. The van der Waals surface area contributed by atoms with Gasteiger partial charge in [-0.1, -0.05) is 55.8 Å². The Balaban J connectivity index is 2.37. The molecule has 0 aliphatic carbocycles. The highest BCUT2D eigenvalue weighted by molar-refractivity contribution is 5.98. The molecule has 2 rings (SSSR count). The molecule has 5 heteroatoms. The minimum Gasteiger partial charge on any atom is -0.481 e. The quantitative estimate of drug-likeness (QED) is 0.715. The lowest BCUT2D eigenvalue weighted by atomic mass is 9.89. The molecule has 1 atom stereocenters. The molecule has 2 aromatic carbocycles. The molecule has 2 aromatic rings. The summed E-state index contributed by atoms with van der Waals surface area (Å²) in [7, 11) is 0. The molecular formula is C21H20FNO3. The number of carbonyl (C=O) groups is 2. The van der Waals surface area contributed by atoms with Crippen LogP contribution in [0.15, 0.2) is 42.5 Å². The Morgan fingerprint density at radius 1 is 1.19 bits per heavy atom. The third-order valence-electron chi connectivity index (χ3n) is 4.31. The summed E-state index contributed by atoms with van der Waals surface area (Å²) < 4.78 is 14.8. The number of rotatable bonds is 8. The zero-order chi connectivity index (χ0) is 19.1. The number of benzene rings is 2. The van der Waals surface area contributed by atoms with E-state index in [1.54, 1.807) is 30.3 Å². The highest BCUT2D eigenvalue weighted by Crippen LogP contribution is 2.28. The Kier molecular flexibility index (Phi) is 6.62. The molecule has 4 nitrogen and oxygen atoms in total. The summed E-state index contributed by atoms with van der Waals surface area (Å²) >= 11 is 0. The number of hydrogen-bond donors (Lipinski definition) is 1. The number of carboxylic acid groups (broad SMARTS) is 1. The molecule has 0 aromatic heterocycles. The van der Waals surface area contributed by atoms with Gasteiger partial charge in [-0.2, -0.15) is 5.26 Å². The van der Waals surface area contributed by atoms with Gasteiger partial charge in [-0.05, 0) is 24.0 Å². The van der Waals surface area contributed by atoms with Crippen molar-refractivity contribution in [3.63, 3.8) is 0 Å². The fourth-order valence-corrected chi connectivity index (χ4v) is 2.83. The van der Waals surface area contributed by atoms with Crippen LogP contribution >= 0.6 is 0 Å². The van der Waals surface area contributed by atoms with Crippen molar-refractivity contribution >= 4 is 11.8 Å². The molecule has 0 amide bonds. The van der Waals surface area contributed by atoms with Crippen LogP contribution in [0, 0.1) is 23.1 Å². The number of nitrogens with zero attached hydrogens (tertiary/aromatic N) is 1. The van der Waals surface area contributed by atoms with Crippen LogP contribution in [0.4, 0.5) is 4.39 Å². The average molecular weight is 353 g/mol. The van der Waals surface area contributed by atoms with Crippen molar-refractivity contribution in [2.45, 2.75) is 32.6 Å². The molecule has 0 aliphatic heterocycles. The molecule has 0 bridgehead atoms. The number of carbonyl (C=O) groups excluding carboxylic acids is 1. The molecule has 26 heavy (non-hydrogen) atoms. The fraction of sp³-hybridized carbons (Fsp3) is 0.286. The zero-order valence-electron chi connectivity index (χ0n) is 14.5. The molecule has 0 radical (unpaired) electrons. The summed E-state index contributed by atoms with van der Waals surface area (Å²) in [5, 5.41) is 18.7. The number of aliphatic carboxylic acids is 1. The number of unbranched alkanes of at least 4 members (excludes halogenated alkanes) is 1. The average Bonchev–Trinajstić information content (AvgIpc) is 2.65. The molecule has 0 spiro atoms. The summed E-state index contributed by atoms with van der Waals surface area (Å²) in [6, 6.07) is 13.8. The number of halogens is 1. The van der Waals surface area contributed by atoms with E-state index in [4.69, 9.17) is 0 Å². The third-order valence-corrected chi connectivity index (χ3v) is 4.31. The number of nitriles is 1. The Morgan fingerprint density at radius 2 is 1.88 bits per heavy atom. The van der Waals surface area contributed by atoms with E-state index in [9.17, 15) is 24.3 Å². The first-order valence-corrected chi connectivity index (χ1v) is 8.52. The summed E-state index contributed by atoms with van der Waals surface area (Å²) in [5.74, 6) is -3.74. The maximum Gasteiger partial charge on any atom is 0.314 e. The Labute approximate surface area is 151 Å². The van der Waals surface area contributed by atoms with Crippen LogP contribution < -0.4 is 0 Å². The van der Waals surface area contributed by atoms with E-state index in [2.05, 4.69) is 0 Å². The third kappa shape index (κ3) is 4.34. The maximum absolute atomic E-state index is 14.8. The summed E-state index contributed by atoms with van der Waals surface area (Å²) in [4.78, 5) is 23.6. The first-order chi connectivity index (χ1) is 12.5. The van der Waals surface area contributed by atoms with Gasteiger partial charge < -0.3 is 5.11 Å². The van der Waals surface area contributed by atoms with Crippen LogP contribution in [0.25, 0.3) is 11.1 Å². The highest BCUT2D eigenvalue weighted by Gasteiger charge is 2.28. The van der Waals surface area contributed by atoms with Crippen molar-refractivity contribution in [1.29, 1.82) is 5.26 Å². The summed E-state index contributed by atoms with van der Waals surface area (Å²) in [6.07, 6.45) is 1.27. The molecule has 0 unspecified atom stereocenters. The van der Waals surface area contributed by atoms with E-state index < -0.39 is 23.5 Å². The van der Waals surface area contributed by atoms with Crippen molar-refractivity contribution in [3.8, 4) is 17.2 Å². The predicted molar refractivity (Wildman–Crippen MR) is 95.9 cm³/mol. The van der Waals surface area contributed by atoms with E-state index in [1.807, 2.05) is 19.1 Å². The largest absolute Gasteiger partial charge is 0.481 e. The molecule has 0 saturated carbocycles. The number of carboxylic acids is 1. The van der Waals surface area contributed by atoms with Crippen molar-refractivity contribution in [1.82, 2.24) is 0 Å². The molecular weight excluding hydrogens is 333 g/mol. The second-order valence-corrected chi connectivity index (χ2v) is 6.10. The first kappa shape index (κ1) is 19.3. The van der Waals surface area contributed by atoms with Gasteiger partial charge in [0.1, 0.15) is 23.6 Å². The van der Waals surface area contributed by atoms with Gasteiger partial charge in [0.15, 0.2) is 0 Å². The van der Waals surface area contributed by atoms with E-state index in [0.29, 0.717) is 17.5 Å². The van der Waals surface area contributed by atoms with Gasteiger partial charge in [-0.3, -0.25) is 9.59 Å². The van der Waals surface area contributed by atoms with Gasteiger partial charge in [0.2, 0.25) is 0 Å². The topological polar surface area (TPSA) is 78.2 Å². The predicted octanol–water partition coefficient (Wildman–Crippen LogP) is 4.37. The number of Topliss-reactive ketones (excluding diaryl/α,β-unsaturated/α-hetero) is 1. The van der Waals surface area contributed by atoms with E-state index in [-0.39, 0.29) is 24.0 Å². The van der Waals surface area contributed by atoms with Gasteiger partial charge in [0.05, 0.1) is 5.56 Å². The molecule has 1 N–H and O–H groups in total. The zero-order valence-corrected chi connectivity index (χ0v) is 14.5. The number of ketones is 1. The summed E-state index contributed by atoms with van der Waals surface area (Å²) in [5.41, 5.74) is 1.07. The van der Waals surface area contributed by atoms with Crippen molar-refractivity contribution in [2.75, 3.05) is 0 Å². The Morgan fingerprint density at radius 3 is 2.46 bits per heavy atom. The van der Waals surface area contributed by atoms with E-state index in [1.165, 1.54) is 6.07 Å². The van der Waals surface area contributed by atoms with Crippen LogP contribution in [-0.2, 0) is 16.0 Å². The summed E-state index contributed by atoms with van der Waals surface area (Å²) in [6.45, 7) is 1.91. The van der Waals surface area contributed by atoms with E-state index in [0.717, 1.165) is 6.42 Å². The van der Waals surface area contributed by atoms with Crippen molar-refractivity contribution in [3.05, 3.63) is 59.4 Å². The lowest BCUT2D eigenvalue weighted by molar-refractivity contribution is -0.146. The SMILES string of the molecule is CCCCC(=O)[C@@H](Cc1ccc(-c2ccccc2)c(C#N)c1F)C(=O)O. The van der Waals surface area contributed by atoms with Gasteiger partial charge in [0, 0.05) is 12.0 Å². The lowest BCUT2D eigenvalue weighted by Gasteiger charge is -2.14. The van der Waals surface area contributed by atoms with Gasteiger partial charge >= 0.3 is 5.97 Å². The Bertz CT molecular complexity index is 840.